The average molecular weight is 442 g/mol. The summed E-state index contributed by atoms with van der Waals surface area (Å²) in [5.74, 6) is -0.819. The Hall–Kier alpha value is -3.04. The lowest BCUT2D eigenvalue weighted by Crippen LogP contribution is -2.39. The van der Waals surface area contributed by atoms with Crippen molar-refractivity contribution in [1.82, 2.24) is 4.98 Å². The van der Waals surface area contributed by atoms with E-state index < -0.39 is 22.1 Å². The van der Waals surface area contributed by atoms with E-state index in [9.17, 15) is 13.6 Å². The number of hydrazone groups is 1. The second-order valence-corrected chi connectivity index (χ2v) is 8.34. The molecule has 1 unspecified atom stereocenters. The molecule has 4 rings (SSSR count). The Bertz CT molecular complexity index is 1190. The SMILES string of the molecule is Cc1cc(=O)nc(N2N=C(c3cc(F)ccc3F)SC2(CCCN)c2ccccc2)o1. The van der Waals surface area contributed by atoms with E-state index in [1.165, 1.54) is 22.8 Å². The molecule has 2 heterocycles. The molecule has 3 aromatic rings. The molecule has 0 spiro atoms. The van der Waals surface area contributed by atoms with Gasteiger partial charge in [-0.2, -0.15) is 15.1 Å². The third-order valence-electron chi connectivity index (χ3n) is 4.87. The zero-order valence-electron chi connectivity index (χ0n) is 16.7. The van der Waals surface area contributed by atoms with Gasteiger partial charge in [-0.25, -0.2) is 8.78 Å². The Balaban J connectivity index is 1.93. The van der Waals surface area contributed by atoms with Crippen molar-refractivity contribution in [3.63, 3.8) is 0 Å². The summed E-state index contributed by atoms with van der Waals surface area (Å²) in [4.78, 5) is 15.2. The highest BCUT2D eigenvalue weighted by Crippen LogP contribution is 2.51. The molecule has 0 bridgehead atoms. The number of thioether (sulfide) groups is 1. The van der Waals surface area contributed by atoms with Gasteiger partial charge in [0.15, 0.2) is 0 Å². The maximum atomic E-state index is 14.6. The lowest BCUT2D eigenvalue weighted by Gasteiger charge is -2.35. The minimum atomic E-state index is -0.911. The van der Waals surface area contributed by atoms with Crippen LogP contribution in [0.15, 0.2) is 68.9 Å². The maximum absolute atomic E-state index is 14.6. The van der Waals surface area contributed by atoms with Crippen LogP contribution < -0.4 is 16.3 Å². The Kier molecular flexibility index (Phi) is 5.88. The first kappa shape index (κ1) is 21.2. The average Bonchev–Trinajstić information content (AvgIpc) is 3.14. The highest BCUT2D eigenvalue weighted by atomic mass is 32.2. The maximum Gasteiger partial charge on any atom is 0.323 e. The molecule has 0 fully saturated rings. The van der Waals surface area contributed by atoms with Crippen molar-refractivity contribution >= 4 is 22.8 Å². The largest absolute Gasteiger partial charge is 0.429 e. The molecule has 9 heteroatoms. The minimum Gasteiger partial charge on any atom is -0.429 e. The molecule has 1 aromatic heterocycles. The van der Waals surface area contributed by atoms with Gasteiger partial charge in [0.05, 0.1) is 0 Å². The van der Waals surface area contributed by atoms with Crippen molar-refractivity contribution in [1.29, 1.82) is 0 Å². The monoisotopic (exact) mass is 442 g/mol. The highest BCUT2D eigenvalue weighted by molar-refractivity contribution is 8.15. The first-order valence-corrected chi connectivity index (χ1v) is 10.5. The summed E-state index contributed by atoms with van der Waals surface area (Å²) in [5, 5.41) is 6.30. The number of hydrogen-bond donors (Lipinski definition) is 1. The molecular weight excluding hydrogens is 422 g/mol. The number of benzene rings is 2. The van der Waals surface area contributed by atoms with Crippen molar-refractivity contribution in [3.8, 4) is 0 Å². The highest BCUT2D eigenvalue weighted by Gasteiger charge is 2.48. The van der Waals surface area contributed by atoms with Gasteiger partial charge in [-0.1, -0.05) is 42.1 Å². The van der Waals surface area contributed by atoms with E-state index in [-0.39, 0.29) is 16.6 Å². The van der Waals surface area contributed by atoms with Gasteiger partial charge in [-0.15, -0.1) is 0 Å². The summed E-state index contributed by atoms with van der Waals surface area (Å²) in [6.07, 6.45) is 1.12. The van der Waals surface area contributed by atoms with E-state index in [1.54, 1.807) is 6.92 Å². The molecule has 31 heavy (non-hydrogen) atoms. The molecule has 1 atom stereocenters. The molecule has 0 amide bonds. The molecule has 0 saturated heterocycles. The van der Waals surface area contributed by atoms with Crippen LogP contribution in [0, 0.1) is 18.6 Å². The van der Waals surface area contributed by atoms with Crippen LogP contribution in [0.2, 0.25) is 0 Å². The van der Waals surface area contributed by atoms with Crippen molar-refractivity contribution in [3.05, 3.63) is 93.5 Å². The summed E-state index contributed by atoms with van der Waals surface area (Å²) in [6.45, 7) is 2.05. The molecule has 1 aliphatic rings. The second kappa shape index (κ2) is 8.60. The Morgan fingerprint density at radius 3 is 2.65 bits per heavy atom. The topological polar surface area (TPSA) is 84.7 Å². The first-order valence-electron chi connectivity index (χ1n) is 9.70. The van der Waals surface area contributed by atoms with E-state index in [1.807, 2.05) is 30.3 Å². The second-order valence-electron chi connectivity index (χ2n) is 7.08. The van der Waals surface area contributed by atoms with Crippen molar-refractivity contribution in [2.45, 2.75) is 24.6 Å². The number of aryl methyl sites for hydroxylation is 1. The van der Waals surface area contributed by atoms with Crippen LogP contribution in [0.5, 0.6) is 0 Å². The quantitative estimate of drug-likeness (QED) is 0.618. The van der Waals surface area contributed by atoms with Gasteiger partial charge in [-0.3, -0.25) is 4.79 Å². The standard InChI is InChI=1S/C22H20F2N4O2S/c1-14-12-19(29)26-21(30-14)28-22(10-5-11-25,15-6-3-2-4-7-15)31-20(27-28)17-13-16(23)8-9-18(17)24/h2-4,6-9,12-13H,5,10-11,25H2,1H3. The molecule has 160 valence electrons. The molecule has 0 radical (unpaired) electrons. The molecule has 1 aliphatic heterocycles. The summed E-state index contributed by atoms with van der Waals surface area (Å²) < 4.78 is 34.2. The predicted molar refractivity (Wildman–Crippen MR) is 117 cm³/mol. The number of nitrogens with zero attached hydrogens (tertiary/aromatic N) is 3. The zero-order valence-corrected chi connectivity index (χ0v) is 17.5. The van der Waals surface area contributed by atoms with Crippen LogP contribution >= 0.6 is 11.8 Å². The Morgan fingerprint density at radius 2 is 1.94 bits per heavy atom. The lowest BCUT2D eigenvalue weighted by atomic mass is 10.0. The van der Waals surface area contributed by atoms with Gasteiger partial charge < -0.3 is 10.2 Å². The molecule has 2 N–H and O–H groups in total. The number of hydrogen-bond acceptors (Lipinski definition) is 7. The molecule has 0 saturated carbocycles. The molecule has 2 aromatic carbocycles. The van der Waals surface area contributed by atoms with E-state index >= 15 is 0 Å². The Labute approximate surface area is 181 Å². The van der Waals surface area contributed by atoms with Crippen LogP contribution in [-0.4, -0.2) is 16.6 Å². The Morgan fingerprint density at radius 1 is 1.16 bits per heavy atom. The number of halogens is 2. The third kappa shape index (κ3) is 4.11. The summed E-state index contributed by atoms with van der Waals surface area (Å²) in [6, 6.07) is 13.9. The van der Waals surface area contributed by atoms with E-state index in [0.29, 0.717) is 25.1 Å². The van der Waals surface area contributed by atoms with Gasteiger partial charge in [0.25, 0.3) is 5.56 Å². The predicted octanol–water partition coefficient (Wildman–Crippen LogP) is 4.13. The third-order valence-corrected chi connectivity index (χ3v) is 6.31. The van der Waals surface area contributed by atoms with Crippen LogP contribution in [0.1, 0.15) is 29.7 Å². The van der Waals surface area contributed by atoms with Crippen molar-refractivity contribution in [2.75, 3.05) is 11.6 Å². The van der Waals surface area contributed by atoms with Crippen molar-refractivity contribution in [2.24, 2.45) is 10.8 Å². The summed E-state index contributed by atoms with van der Waals surface area (Å²) in [7, 11) is 0. The van der Waals surface area contributed by atoms with Gasteiger partial charge in [0.2, 0.25) is 0 Å². The fourth-order valence-corrected chi connectivity index (χ4v) is 4.89. The van der Waals surface area contributed by atoms with Crippen LogP contribution in [0.4, 0.5) is 14.8 Å². The number of nitrogens with two attached hydrogens (primary N) is 1. The lowest BCUT2D eigenvalue weighted by molar-refractivity contribution is 0.431. The minimum absolute atomic E-state index is 0.0230. The molecular formula is C22H20F2N4O2S. The fourth-order valence-electron chi connectivity index (χ4n) is 3.47. The number of anilines is 1. The van der Waals surface area contributed by atoms with Gasteiger partial charge >= 0.3 is 6.01 Å². The van der Waals surface area contributed by atoms with E-state index in [0.717, 1.165) is 23.8 Å². The van der Waals surface area contributed by atoms with Gasteiger partial charge in [0, 0.05) is 11.6 Å². The zero-order chi connectivity index (χ0) is 22.0. The smallest absolute Gasteiger partial charge is 0.323 e. The summed E-state index contributed by atoms with van der Waals surface area (Å²) in [5.41, 5.74) is 6.19. The van der Waals surface area contributed by atoms with Crippen LogP contribution in [0.3, 0.4) is 0 Å². The number of aromatic nitrogens is 1. The fraction of sp³-hybridized carbons (Fsp3) is 0.227. The molecule has 6 nitrogen and oxygen atoms in total. The number of rotatable bonds is 6. The van der Waals surface area contributed by atoms with Crippen LogP contribution in [0.25, 0.3) is 0 Å². The van der Waals surface area contributed by atoms with Gasteiger partial charge in [0.1, 0.15) is 27.3 Å². The summed E-state index contributed by atoms with van der Waals surface area (Å²) >= 11 is 1.25. The molecule has 0 aliphatic carbocycles. The van der Waals surface area contributed by atoms with Gasteiger partial charge in [-0.05, 0) is 50.1 Å². The first-order chi connectivity index (χ1) is 14.9. The van der Waals surface area contributed by atoms with Crippen molar-refractivity contribution < 1.29 is 13.2 Å². The van der Waals surface area contributed by atoms with Crippen LogP contribution in [-0.2, 0) is 4.87 Å². The normalized spacial score (nSPS) is 18.3. The van der Waals surface area contributed by atoms with E-state index in [4.69, 9.17) is 10.2 Å². The van der Waals surface area contributed by atoms with E-state index in [2.05, 4.69) is 10.1 Å².